The normalized spacial score (nSPS) is 26.2. The maximum atomic E-state index is 13.5. The molecule has 1 aliphatic carbocycles. The fraction of sp³-hybridized carbons (Fsp3) is 0.643. The summed E-state index contributed by atoms with van der Waals surface area (Å²) in [5, 5.41) is 0. The molecule has 0 bridgehead atoms. The molecule has 2 heterocycles. The maximum absolute atomic E-state index is 13.5. The Labute approximate surface area is 199 Å². The predicted molar refractivity (Wildman–Crippen MR) is 133 cm³/mol. The Hall–Kier alpha value is -2.14. The minimum absolute atomic E-state index is 0.0713. The molecule has 1 saturated heterocycles. The molecule has 2 fully saturated rings. The van der Waals surface area contributed by atoms with Crippen LogP contribution in [0.25, 0.3) is 5.57 Å². The molecule has 33 heavy (non-hydrogen) atoms. The van der Waals surface area contributed by atoms with Crippen molar-refractivity contribution in [1.29, 1.82) is 0 Å². The third kappa shape index (κ3) is 5.34. The number of para-hydroxylation sites is 1. The van der Waals surface area contributed by atoms with Crippen LogP contribution in [0.15, 0.2) is 30.3 Å². The van der Waals surface area contributed by atoms with E-state index in [0.29, 0.717) is 11.6 Å². The van der Waals surface area contributed by atoms with Crippen molar-refractivity contribution in [1.82, 2.24) is 4.90 Å². The average molecular weight is 453 g/mol. The van der Waals surface area contributed by atoms with Crippen LogP contribution in [0.3, 0.4) is 0 Å². The first-order valence-corrected chi connectivity index (χ1v) is 12.8. The van der Waals surface area contributed by atoms with Crippen LogP contribution in [0.1, 0.15) is 78.7 Å². The topological polar surface area (TPSA) is 49.9 Å². The first-order valence-electron chi connectivity index (χ1n) is 12.8. The molecular formula is C28H40N2O3. The summed E-state index contributed by atoms with van der Waals surface area (Å²) in [6.07, 6.45) is 8.64. The van der Waals surface area contributed by atoms with Crippen LogP contribution in [-0.2, 0) is 14.3 Å². The standard InChI is InChI=1S/C28H40N2O3/c1-19(2)20-10-12-21(13-11-20)29-16-14-22(15-17-29)30-25-9-7-6-8-23(25)24(27(30)32)18-26(31)33-28(3,4)5/h6-9,18-22H,10-17H2,1-5H3/t20-,21-. The van der Waals surface area contributed by atoms with Gasteiger partial charge in [-0.2, -0.15) is 0 Å². The van der Waals surface area contributed by atoms with Crippen molar-refractivity contribution in [3.63, 3.8) is 0 Å². The minimum atomic E-state index is -0.587. The Morgan fingerprint density at radius 2 is 1.64 bits per heavy atom. The van der Waals surface area contributed by atoms with E-state index in [1.165, 1.54) is 31.8 Å². The molecule has 1 saturated carbocycles. The van der Waals surface area contributed by atoms with Gasteiger partial charge < -0.3 is 14.5 Å². The fourth-order valence-electron chi connectivity index (χ4n) is 5.86. The number of esters is 1. The molecular weight excluding hydrogens is 412 g/mol. The lowest BCUT2D eigenvalue weighted by Gasteiger charge is -2.43. The fourth-order valence-corrected chi connectivity index (χ4v) is 5.86. The number of anilines is 1. The molecule has 4 rings (SSSR count). The van der Waals surface area contributed by atoms with Gasteiger partial charge in [-0.1, -0.05) is 32.0 Å². The number of likely N-dealkylation sites (tertiary alicyclic amines) is 1. The third-order valence-corrected chi connectivity index (χ3v) is 7.64. The van der Waals surface area contributed by atoms with Crippen LogP contribution in [0, 0.1) is 11.8 Å². The summed E-state index contributed by atoms with van der Waals surface area (Å²) in [7, 11) is 0. The number of rotatable bonds is 4. The number of benzene rings is 1. The van der Waals surface area contributed by atoms with E-state index in [-0.39, 0.29) is 11.9 Å². The van der Waals surface area contributed by atoms with E-state index in [1.54, 1.807) is 0 Å². The van der Waals surface area contributed by atoms with Crippen LogP contribution in [0.2, 0.25) is 0 Å². The highest BCUT2D eigenvalue weighted by Gasteiger charge is 2.39. The van der Waals surface area contributed by atoms with Gasteiger partial charge in [-0.05, 0) is 77.2 Å². The maximum Gasteiger partial charge on any atom is 0.332 e. The minimum Gasteiger partial charge on any atom is -0.457 e. The number of carbonyl (C=O) groups excluding carboxylic acids is 2. The van der Waals surface area contributed by atoms with Crippen molar-refractivity contribution >= 4 is 23.1 Å². The molecule has 0 radical (unpaired) electrons. The van der Waals surface area contributed by atoms with Crippen LogP contribution < -0.4 is 4.90 Å². The second-order valence-electron chi connectivity index (χ2n) is 11.4. The molecule has 1 aromatic rings. The zero-order chi connectivity index (χ0) is 23.8. The summed E-state index contributed by atoms with van der Waals surface area (Å²) in [4.78, 5) is 30.5. The summed E-state index contributed by atoms with van der Waals surface area (Å²) < 4.78 is 5.45. The molecule has 5 heteroatoms. The van der Waals surface area contributed by atoms with Gasteiger partial charge in [0.15, 0.2) is 0 Å². The molecule has 1 aromatic carbocycles. The highest BCUT2D eigenvalue weighted by atomic mass is 16.6. The van der Waals surface area contributed by atoms with E-state index < -0.39 is 11.6 Å². The van der Waals surface area contributed by atoms with Gasteiger partial charge in [0.1, 0.15) is 5.60 Å². The summed E-state index contributed by atoms with van der Waals surface area (Å²) >= 11 is 0. The summed E-state index contributed by atoms with van der Waals surface area (Å²) in [5.74, 6) is 1.14. The van der Waals surface area contributed by atoms with Gasteiger partial charge in [0, 0.05) is 36.8 Å². The molecule has 0 unspecified atom stereocenters. The van der Waals surface area contributed by atoms with Gasteiger partial charge in [0.25, 0.3) is 5.91 Å². The SMILES string of the molecule is CC(C)[C@H]1CC[C@H](N2CCC(N3C(=O)C(=CC(=O)OC(C)(C)C)c4ccccc43)CC2)CC1. The second kappa shape index (κ2) is 9.61. The molecule has 0 aromatic heterocycles. The number of carbonyl (C=O) groups is 2. The Morgan fingerprint density at radius 3 is 2.24 bits per heavy atom. The van der Waals surface area contributed by atoms with E-state index in [2.05, 4.69) is 18.7 Å². The molecule has 0 N–H and O–H groups in total. The lowest BCUT2D eigenvalue weighted by atomic mass is 9.79. The molecule has 0 atom stereocenters. The molecule has 3 aliphatic rings. The van der Waals surface area contributed by atoms with E-state index in [1.807, 2.05) is 49.9 Å². The van der Waals surface area contributed by atoms with E-state index >= 15 is 0 Å². The Balaban J connectivity index is 1.44. The number of amides is 1. The van der Waals surface area contributed by atoms with Gasteiger partial charge in [0.2, 0.25) is 0 Å². The lowest BCUT2D eigenvalue weighted by molar-refractivity contribution is -0.148. The third-order valence-electron chi connectivity index (χ3n) is 7.64. The van der Waals surface area contributed by atoms with E-state index in [0.717, 1.165) is 49.0 Å². The predicted octanol–water partition coefficient (Wildman–Crippen LogP) is 5.44. The molecule has 5 nitrogen and oxygen atoms in total. The zero-order valence-electron chi connectivity index (χ0n) is 21.0. The second-order valence-corrected chi connectivity index (χ2v) is 11.4. The summed E-state index contributed by atoms with van der Waals surface area (Å²) in [6.45, 7) is 12.3. The van der Waals surface area contributed by atoms with E-state index in [4.69, 9.17) is 4.74 Å². The highest BCUT2D eigenvalue weighted by molar-refractivity contribution is 6.34. The largest absolute Gasteiger partial charge is 0.457 e. The van der Waals surface area contributed by atoms with Crippen molar-refractivity contribution in [3.05, 3.63) is 35.9 Å². The number of ether oxygens (including phenoxy) is 1. The van der Waals surface area contributed by atoms with E-state index in [9.17, 15) is 9.59 Å². The van der Waals surface area contributed by atoms with Crippen molar-refractivity contribution in [3.8, 4) is 0 Å². The number of piperidine rings is 1. The summed E-state index contributed by atoms with van der Waals surface area (Å²) in [6, 6.07) is 8.71. The number of nitrogens with zero attached hydrogens (tertiary/aromatic N) is 2. The number of fused-ring (bicyclic) bond motifs is 1. The quantitative estimate of drug-likeness (QED) is 0.451. The molecule has 180 valence electrons. The smallest absolute Gasteiger partial charge is 0.332 e. The van der Waals surface area contributed by atoms with Crippen molar-refractivity contribution < 1.29 is 14.3 Å². The van der Waals surface area contributed by atoms with Gasteiger partial charge in [-0.15, -0.1) is 0 Å². The van der Waals surface area contributed by atoms with Crippen molar-refractivity contribution in [2.75, 3.05) is 18.0 Å². The lowest BCUT2D eigenvalue weighted by Crippen LogP contribution is -2.49. The number of hydrogen-bond donors (Lipinski definition) is 0. The van der Waals surface area contributed by atoms with Crippen LogP contribution in [-0.4, -0.2) is 47.6 Å². The molecule has 1 amide bonds. The number of hydrogen-bond acceptors (Lipinski definition) is 4. The Bertz CT molecular complexity index is 898. The van der Waals surface area contributed by atoms with Crippen molar-refractivity contribution in [2.45, 2.75) is 90.8 Å². The van der Waals surface area contributed by atoms with Crippen LogP contribution in [0.4, 0.5) is 5.69 Å². The zero-order valence-corrected chi connectivity index (χ0v) is 21.0. The van der Waals surface area contributed by atoms with Crippen LogP contribution in [0.5, 0.6) is 0 Å². The Morgan fingerprint density at radius 1 is 1.00 bits per heavy atom. The summed E-state index contributed by atoms with van der Waals surface area (Å²) in [5.41, 5.74) is 1.63. The molecule has 2 aliphatic heterocycles. The van der Waals surface area contributed by atoms with Crippen LogP contribution >= 0.6 is 0 Å². The van der Waals surface area contributed by atoms with Gasteiger partial charge in [-0.3, -0.25) is 4.79 Å². The average Bonchev–Trinajstić information content (AvgIpc) is 3.04. The molecule has 0 spiro atoms. The Kier molecular flexibility index (Phi) is 6.99. The van der Waals surface area contributed by atoms with Crippen molar-refractivity contribution in [2.24, 2.45) is 11.8 Å². The highest BCUT2D eigenvalue weighted by Crippen LogP contribution is 2.40. The monoisotopic (exact) mass is 452 g/mol. The van der Waals surface area contributed by atoms with Gasteiger partial charge in [-0.25, -0.2) is 4.79 Å². The van der Waals surface area contributed by atoms with Gasteiger partial charge in [0.05, 0.1) is 11.3 Å². The first kappa shape index (κ1) is 24.0. The van der Waals surface area contributed by atoms with Gasteiger partial charge >= 0.3 is 5.97 Å². The first-order chi connectivity index (χ1) is 15.6.